The summed E-state index contributed by atoms with van der Waals surface area (Å²) >= 11 is 3.30. The van der Waals surface area contributed by atoms with Crippen LogP contribution in [0.4, 0.5) is 0 Å². The number of hydrogen-bond donors (Lipinski definition) is 0. The molecule has 0 aliphatic carbocycles. The molecule has 0 aliphatic rings. The maximum atomic E-state index is 13.0. The van der Waals surface area contributed by atoms with Gasteiger partial charge in [-0.1, -0.05) is 0 Å². The van der Waals surface area contributed by atoms with Crippen LogP contribution in [0.25, 0.3) is 9.40 Å². The molecule has 1 aromatic carbocycles. The fourth-order valence-electron chi connectivity index (χ4n) is 2.84. The molecule has 0 unspecified atom stereocenters. The number of thiophene rings is 2. The molecule has 108 valence electrons. The van der Waals surface area contributed by atoms with Gasteiger partial charge in [0.1, 0.15) is 0 Å². The van der Waals surface area contributed by atoms with Gasteiger partial charge in [0.2, 0.25) is 5.78 Å². The second-order valence-electron chi connectivity index (χ2n) is 5.59. The number of fused-ring (bicyclic) bond motifs is 1. The number of ketones is 1. The lowest BCUT2D eigenvalue weighted by atomic mass is 9.87. The standard InChI is InChI=1S/C18H18OS2/c1-9-10(2)12(4)17(13(5)11(9)3)18(19)16-8-15-14(21-16)6-7-20-15/h6-8H,1-5H3. The summed E-state index contributed by atoms with van der Waals surface area (Å²) in [7, 11) is 0. The zero-order valence-corrected chi connectivity index (χ0v) is 14.6. The maximum Gasteiger partial charge on any atom is 0.203 e. The third-order valence-electron chi connectivity index (χ3n) is 4.59. The third-order valence-corrected chi connectivity index (χ3v) is 6.68. The second-order valence-corrected chi connectivity index (χ2v) is 7.62. The summed E-state index contributed by atoms with van der Waals surface area (Å²) in [6.45, 7) is 10.5. The molecule has 0 amide bonds. The van der Waals surface area contributed by atoms with Crippen molar-refractivity contribution in [1.82, 2.24) is 0 Å². The van der Waals surface area contributed by atoms with Crippen LogP contribution in [0.2, 0.25) is 0 Å². The molecule has 3 heteroatoms. The van der Waals surface area contributed by atoms with Crippen LogP contribution in [0.15, 0.2) is 17.5 Å². The number of benzene rings is 1. The molecule has 3 rings (SSSR count). The highest BCUT2D eigenvalue weighted by molar-refractivity contribution is 7.28. The molecule has 0 saturated carbocycles. The van der Waals surface area contributed by atoms with Crippen molar-refractivity contribution in [2.75, 3.05) is 0 Å². The SMILES string of the molecule is Cc1c(C)c(C)c(C(=O)c2cc3sccc3s2)c(C)c1C. The van der Waals surface area contributed by atoms with Crippen molar-refractivity contribution in [3.8, 4) is 0 Å². The van der Waals surface area contributed by atoms with Crippen molar-refractivity contribution < 1.29 is 4.79 Å². The monoisotopic (exact) mass is 314 g/mol. The zero-order valence-electron chi connectivity index (χ0n) is 13.0. The van der Waals surface area contributed by atoms with E-state index in [1.807, 2.05) is 6.07 Å². The Labute approximate surface area is 133 Å². The summed E-state index contributed by atoms with van der Waals surface area (Å²) < 4.78 is 2.42. The van der Waals surface area contributed by atoms with Crippen molar-refractivity contribution in [3.63, 3.8) is 0 Å². The molecule has 1 nitrogen and oxygen atoms in total. The molecule has 0 atom stereocenters. The lowest BCUT2D eigenvalue weighted by Crippen LogP contribution is -2.09. The Balaban J connectivity index is 2.20. The molecule has 0 radical (unpaired) electrons. The lowest BCUT2D eigenvalue weighted by Gasteiger charge is -2.17. The third kappa shape index (κ3) is 2.16. The van der Waals surface area contributed by atoms with Crippen LogP contribution in [-0.4, -0.2) is 5.78 Å². The normalized spacial score (nSPS) is 11.3. The van der Waals surface area contributed by atoms with Crippen LogP contribution >= 0.6 is 22.7 Å². The number of carbonyl (C=O) groups excluding carboxylic acids is 1. The molecular weight excluding hydrogens is 296 g/mol. The maximum absolute atomic E-state index is 13.0. The Kier molecular flexibility index (Phi) is 3.50. The molecule has 0 fully saturated rings. The first-order chi connectivity index (χ1) is 9.91. The average molecular weight is 314 g/mol. The van der Waals surface area contributed by atoms with Gasteiger partial charge in [0.25, 0.3) is 0 Å². The van der Waals surface area contributed by atoms with Crippen LogP contribution in [0.1, 0.15) is 43.1 Å². The minimum Gasteiger partial charge on any atom is -0.288 e. The van der Waals surface area contributed by atoms with Gasteiger partial charge in [0, 0.05) is 15.0 Å². The van der Waals surface area contributed by atoms with E-state index in [1.54, 1.807) is 22.7 Å². The Morgan fingerprint density at radius 3 is 2.00 bits per heavy atom. The summed E-state index contributed by atoms with van der Waals surface area (Å²) in [5.41, 5.74) is 6.91. The quantitative estimate of drug-likeness (QED) is 0.552. The minimum atomic E-state index is 0.171. The first-order valence-electron chi connectivity index (χ1n) is 7.00. The molecular formula is C18H18OS2. The van der Waals surface area contributed by atoms with Crippen LogP contribution in [0, 0.1) is 34.6 Å². The first-order valence-corrected chi connectivity index (χ1v) is 8.70. The number of rotatable bonds is 2. The number of hydrogen-bond acceptors (Lipinski definition) is 3. The molecule has 0 saturated heterocycles. The van der Waals surface area contributed by atoms with Gasteiger partial charge in [0.15, 0.2) is 0 Å². The number of carbonyl (C=O) groups is 1. The van der Waals surface area contributed by atoms with Gasteiger partial charge in [-0.25, -0.2) is 0 Å². The van der Waals surface area contributed by atoms with E-state index < -0.39 is 0 Å². The van der Waals surface area contributed by atoms with E-state index in [9.17, 15) is 4.79 Å². The van der Waals surface area contributed by atoms with E-state index in [-0.39, 0.29) is 5.78 Å². The predicted molar refractivity (Wildman–Crippen MR) is 93.3 cm³/mol. The molecule has 0 N–H and O–H groups in total. The summed E-state index contributed by atoms with van der Waals surface area (Å²) in [6, 6.07) is 4.13. The fraction of sp³-hybridized carbons (Fsp3) is 0.278. The largest absolute Gasteiger partial charge is 0.288 e. The van der Waals surface area contributed by atoms with Gasteiger partial charge >= 0.3 is 0 Å². The Morgan fingerprint density at radius 1 is 0.857 bits per heavy atom. The van der Waals surface area contributed by atoms with Crippen LogP contribution < -0.4 is 0 Å². The highest BCUT2D eigenvalue weighted by Gasteiger charge is 2.21. The van der Waals surface area contributed by atoms with Gasteiger partial charge in [-0.2, -0.15) is 0 Å². The molecule has 21 heavy (non-hydrogen) atoms. The molecule has 0 bridgehead atoms. The van der Waals surface area contributed by atoms with Gasteiger partial charge in [-0.05, 0) is 79.9 Å². The van der Waals surface area contributed by atoms with Crippen molar-refractivity contribution >= 4 is 37.9 Å². The van der Waals surface area contributed by atoms with Crippen molar-refractivity contribution in [2.24, 2.45) is 0 Å². The van der Waals surface area contributed by atoms with Gasteiger partial charge in [-0.15, -0.1) is 22.7 Å². The average Bonchev–Trinajstić information content (AvgIpc) is 3.04. The van der Waals surface area contributed by atoms with E-state index in [0.717, 1.165) is 21.6 Å². The zero-order chi connectivity index (χ0) is 15.3. The highest BCUT2D eigenvalue weighted by atomic mass is 32.1. The van der Waals surface area contributed by atoms with Crippen LogP contribution in [0.5, 0.6) is 0 Å². The van der Waals surface area contributed by atoms with Crippen molar-refractivity contribution in [1.29, 1.82) is 0 Å². The topological polar surface area (TPSA) is 17.1 Å². The van der Waals surface area contributed by atoms with Crippen LogP contribution in [0.3, 0.4) is 0 Å². The lowest BCUT2D eigenvalue weighted by molar-refractivity contribution is 0.104. The van der Waals surface area contributed by atoms with E-state index in [0.29, 0.717) is 0 Å². The smallest absolute Gasteiger partial charge is 0.203 e. The van der Waals surface area contributed by atoms with Gasteiger partial charge in [0.05, 0.1) is 4.88 Å². The first kappa shape index (κ1) is 14.5. The Bertz CT molecular complexity index is 807. The molecule has 0 spiro atoms. The molecule has 3 aromatic rings. The minimum absolute atomic E-state index is 0.171. The van der Waals surface area contributed by atoms with Gasteiger partial charge < -0.3 is 0 Å². The fourth-order valence-corrected chi connectivity index (χ4v) is 4.90. The van der Waals surface area contributed by atoms with Crippen molar-refractivity contribution in [2.45, 2.75) is 34.6 Å². The van der Waals surface area contributed by atoms with Crippen molar-refractivity contribution in [3.05, 3.63) is 55.8 Å². The summed E-state index contributed by atoms with van der Waals surface area (Å²) in [5.74, 6) is 0.171. The summed E-state index contributed by atoms with van der Waals surface area (Å²) in [5, 5.41) is 2.08. The van der Waals surface area contributed by atoms with E-state index >= 15 is 0 Å². The summed E-state index contributed by atoms with van der Waals surface area (Å²) in [6.07, 6.45) is 0. The summed E-state index contributed by atoms with van der Waals surface area (Å²) in [4.78, 5) is 13.8. The predicted octanol–water partition coefficient (Wildman–Crippen LogP) is 5.74. The Hall–Kier alpha value is -1.45. The van der Waals surface area contributed by atoms with E-state index in [2.05, 4.69) is 46.1 Å². The molecule has 2 aromatic heterocycles. The molecule has 2 heterocycles. The van der Waals surface area contributed by atoms with E-state index in [1.165, 1.54) is 26.1 Å². The molecule has 0 aliphatic heterocycles. The van der Waals surface area contributed by atoms with E-state index in [4.69, 9.17) is 0 Å². The highest BCUT2D eigenvalue weighted by Crippen LogP contribution is 2.34. The van der Waals surface area contributed by atoms with Gasteiger partial charge in [-0.3, -0.25) is 4.79 Å². The second kappa shape index (κ2) is 5.08. The Morgan fingerprint density at radius 2 is 1.43 bits per heavy atom. The van der Waals surface area contributed by atoms with Crippen LogP contribution in [-0.2, 0) is 0 Å².